The van der Waals surface area contributed by atoms with E-state index in [0.717, 1.165) is 37.8 Å². The number of carboxylic acids is 1. The molecule has 4 aromatic rings. The fourth-order valence-electron chi connectivity index (χ4n) is 2.89. The van der Waals surface area contributed by atoms with Gasteiger partial charge in [0.15, 0.2) is 0 Å². The number of aryl methyl sites for hydroxylation is 1. The third-order valence-corrected chi connectivity index (χ3v) is 7.87. The topological polar surface area (TPSA) is 63.1 Å². The van der Waals surface area contributed by atoms with E-state index in [0.29, 0.717) is 21.3 Å². The van der Waals surface area contributed by atoms with E-state index in [9.17, 15) is 18.0 Å². The Balaban J connectivity index is 1.48. The largest absolute Gasteiger partial charge is 0.481 e. The Bertz CT molecular complexity index is 1250. The number of rotatable bonds is 6. The average molecular weight is 481 g/mol. The Hall–Kier alpha value is -2.43. The molecule has 4 nitrogen and oxygen atoms in total. The second kappa shape index (κ2) is 8.60. The summed E-state index contributed by atoms with van der Waals surface area (Å²) in [4.78, 5) is 21.8. The number of alkyl halides is 3. The third kappa shape index (κ3) is 5.08. The van der Waals surface area contributed by atoms with Gasteiger partial charge >= 0.3 is 12.1 Å². The van der Waals surface area contributed by atoms with Gasteiger partial charge in [-0.3, -0.25) is 4.79 Å². The highest BCUT2D eigenvalue weighted by Crippen LogP contribution is 2.36. The zero-order valence-corrected chi connectivity index (χ0v) is 18.5. The van der Waals surface area contributed by atoms with E-state index in [2.05, 4.69) is 9.97 Å². The van der Waals surface area contributed by atoms with E-state index < -0.39 is 17.7 Å². The van der Waals surface area contributed by atoms with Crippen LogP contribution in [0.3, 0.4) is 0 Å². The van der Waals surface area contributed by atoms with Crippen LogP contribution in [-0.2, 0) is 23.1 Å². The van der Waals surface area contributed by atoms with Crippen LogP contribution in [-0.4, -0.2) is 21.0 Å². The second-order valence-electron chi connectivity index (χ2n) is 6.70. The molecule has 0 bridgehead atoms. The van der Waals surface area contributed by atoms with E-state index in [-0.39, 0.29) is 6.42 Å². The molecule has 0 aliphatic heterocycles. The van der Waals surface area contributed by atoms with Gasteiger partial charge in [-0.1, -0.05) is 12.1 Å². The lowest BCUT2D eigenvalue weighted by Crippen LogP contribution is -2.03. The smallest absolute Gasteiger partial charge is 0.416 e. The fraction of sp³-hybridized carbons (Fsp3) is 0.190. The monoisotopic (exact) mass is 480 g/mol. The van der Waals surface area contributed by atoms with Crippen molar-refractivity contribution in [2.24, 2.45) is 0 Å². The minimum Gasteiger partial charge on any atom is -0.481 e. The summed E-state index contributed by atoms with van der Waals surface area (Å²) in [5.74, 6) is -0.236. The molecule has 1 N–H and O–H groups in total. The summed E-state index contributed by atoms with van der Waals surface area (Å²) in [5.41, 5.74) is 1.61. The molecule has 0 amide bonds. The first-order valence-electron chi connectivity index (χ1n) is 9.07. The summed E-state index contributed by atoms with van der Waals surface area (Å²) in [6.45, 7) is 1.89. The minimum absolute atomic E-state index is 0.0887. The summed E-state index contributed by atoms with van der Waals surface area (Å²) in [7, 11) is 0. The Kier molecular flexibility index (Phi) is 6.05. The molecule has 31 heavy (non-hydrogen) atoms. The van der Waals surface area contributed by atoms with Gasteiger partial charge in [0, 0.05) is 21.1 Å². The van der Waals surface area contributed by atoms with Gasteiger partial charge in [-0.15, -0.1) is 34.4 Å². The molecule has 4 rings (SSSR count). The molecule has 0 aliphatic carbocycles. The van der Waals surface area contributed by atoms with Gasteiger partial charge < -0.3 is 5.11 Å². The Morgan fingerprint density at radius 1 is 1.10 bits per heavy atom. The highest BCUT2D eigenvalue weighted by Gasteiger charge is 2.30. The minimum atomic E-state index is -4.36. The van der Waals surface area contributed by atoms with Gasteiger partial charge in [-0.25, -0.2) is 9.97 Å². The van der Waals surface area contributed by atoms with Crippen molar-refractivity contribution in [1.82, 2.24) is 9.97 Å². The summed E-state index contributed by atoms with van der Waals surface area (Å²) in [5, 5.41) is 10.2. The lowest BCUT2D eigenvalue weighted by molar-refractivity contribution is -0.138. The number of carboxylic acid groups (broad SMARTS) is 1. The number of nitrogens with zero attached hydrogens (tertiary/aromatic N) is 2. The van der Waals surface area contributed by atoms with Gasteiger partial charge in [-0.05, 0) is 37.3 Å². The molecule has 0 atom stereocenters. The van der Waals surface area contributed by atoms with Crippen molar-refractivity contribution in [3.63, 3.8) is 0 Å². The lowest BCUT2D eigenvalue weighted by Gasteiger charge is -2.06. The molecule has 0 unspecified atom stereocenters. The fourth-order valence-corrected chi connectivity index (χ4v) is 5.97. The van der Waals surface area contributed by atoms with Crippen molar-refractivity contribution in [1.29, 1.82) is 0 Å². The predicted molar refractivity (Wildman–Crippen MR) is 118 cm³/mol. The van der Waals surface area contributed by atoms with Gasteiger partial charge in [0.2, 0.25) is 0 Å². The van der Waals surface area contributed by atoms with Gasteiger partial charge in [-0.2, -0.15) is 13.2 Å². The number of benzene rings is 2. The number of aliphatic carboxylic acids is 1. The molecule has 0 spiro atoms. The van der Waals surface area contributed by atoms with E-state index in [1.54, 1.807) is 11.8 Å². The Labute approximate surface area is 187 Å². The number of fused-ring (bicyclic) bond motifs is 1. The maximum absolute atomic E-state index is 12.8. The maximum Gasteiger partial charge on any atom is 0.416 e. The summed E-state index contributed by atoms with van der Waals surface area (Å²) >= 11 is 4.45. The maximum atomic E-state index is 12.8. The molecule has 0 fully saturated rings. The molecule has 0 saturated heterocycles. The number of aromatic nitrogens is 2. The van der Waals surface area contributed by atoms with Gasteiger partial charge in [0.25, 0.3) is 0 Å². The highest BCUT2D eigenvalue weighted by atomic mass is 32.2. The number of halogens is 3. The molecule has 2 heterocycles. The van der Waals surface area contributed by atoms with E-state index in [1.165, 1.54) is 34.8 Å². The molecule has 160 valence electrons. The van der Waals surface area contributed by atoms with Crippen LogP contribution < -0.4 is 0 Å². The van der Waals surface area contributed by atoms with Crippen molar-refractivity contribution < 1.29 is 23.1 Å². The first-order chi connectivity index (χ1) is 14.7. The van der Waals surface area contributed by atoms with Crippen LogP contribution >= 0.6 is 34.4 Å². The molecule has 10 heteroatoms. The molecular formula is C21H15F3N2O2S3. The molecule has 0 radical (unpaired) electrons. The molecule has 0 saturated carbocycles. The van der Waals surface area contributed by atoms with E-state index >= 15 is 0 Å². The van der Waals surface area contributed by atoms with Crippen LogP contribution in [0.1, 0.15) is 21.1 Å². The first-order valence-corrected chi connectivity index (χ1v) is 11.7. The van der Waals surface area contributed by atoms with E-state index in [1.807, 2.05) is 25.1 Å². The quantitative estimate of drug-likeness (QED) is 0.313. The molecule has 2 aromatic heterocycles. The first kappa shape index (κ1) is 21.8. The van der Waals surface area contributed by atoms with Crippen molar-refractivity contribution in [2.75, 3.05) is 0 Å². The molecule has 2 aromatic carbocycles. The Morgan fingerprint density at radius 3 is 2.52 bits per heavy atom. The van der Waals surface area contributed by atoms with Crippen LogP contribution in [0.4, 0.5) is 13.2 Å². The summed E-state index contributed by atoms with van der Waals surface area (Å²) in [6, 6.07) is 10.9. The lowest BCUT2D eigenvalue weighted by atomic mass is 10.1. The number of carbonyl (C=O) groups is 1. The molecule has 0 aliphatic rings. The number of thiazole rings is 2. The van der Waals surface area contributed by atoms with Gasteiger partial charge in [0.05, 0.1) is 27.9 Å². The SMILES string of the molecule is Cc1nc(-c2ccc(C(F)(F)F)cc2)sc1CSc1ccc2sc(CC(=O)O)nc2c1. The zero-order valence-electron chi connectivity index (χ0n) is 16.1. The van der Waals surface area contributed by atoms with Crippen LogP contribution in [0.2, 0.25) is 0 Å². The molecular weight excluding hydrogens is 465 g/mol. The highest BCUT2D eigenvalue weighted by molar-refractivity contribution is 7.98. The second-order valence-corrected chi connectivity index (χ2v) is 9.95. The summed E-state index contributed by atoms with van der Waals surface area (Å²) in [6.07, 6.45) is -4.44. The van der Waals surface area contributed by atoms with Crippen LogP contribution in [0.15, 0.2) is 47.4 Å². The van der Waals surface area contributed by atoms with Crippen molar-refractivity contribution in [3.8, 4) is 10.6 Å². The van der Waals surface area contributed by atoms with Crippen LogP contribution in [0.5, 0.6) is 0 Å². The predicted octanol–water partition coefficient (Wildman–Crippen LogP) is 6.67. The van der Waals surface area contributed by atoms with Crippen LogP contribution in [0.25, 0.3) is 20.8 Å². The summed E-state index contributed by atoms with van der Waals surface area (Å²) < 4.78 is 39.2. The normalized spacial score (nSPS) is 11.9. The van der Waals surface area contributed by atoms with Gasteiger partial charge in [0.1, 0.15) is 10.0 Å². The van der Waals surface area contributed by atoms with Crippen molar-refractivity contribution in [3.05, 3.63) is 63.6 Å². The number of hydrogen-bond acceptors (Lipinski definition) is 6. The third-order valence-electron chi connectivity index (χ3n) is 4.43. The standard InChI is InChI=1S/C21H15F3N2O2S3/c1-11-17(31-20(25-11)12-2-4-13(5-3-12)21(22,23)24)10-29-14-6-7-16-15(8-14)26-18(30-16)9-19(27)28/h2-8H,9-10H2,1H3,(H,27,28). The van der Waals surface area contributed by atoms with Crippen LogP contribution in [0, 0.1) is 6.92 Å². The van der Waals surface area contributed by atoms with Crippen molar-refractivity contribution >= 4 is 50.6 Å². The Morgan fingerprint density at radius 2 is 1.84 bits per heavy atom. The zero-order chi connectivity index (χ0) is 22.2. The average Bonchev–Trinajstić information content (AvgIpc) is 3.27. The van der Waals surface area contributed by atoms with E-state index in [4.69, 9.17) is 5.11 Å². The number of hydrogen-bond donors (Lipinski definition) is 1. The van der Waals surface area contributed by atoms with Crippen molar-refractivity contribution in [2.45, 2.75) is 30.2 Å². The number of thioether (sulfide) groups is 1.